The zero-order valence-electron chi connectivity index (χ0n) is 10.2. The van der Waals surface area contributed by atoms with Crippen molar-refractivity contribution in [2.45, 2.75) is 18.2 Å². The van der Waals surface area contributed by atoms with Crippen molar-refractivity contribution in [2.75, 3.05) is 31.2 Å². The molecule has 0 saturated carbocycles. The first-order valence-electron chi connectivity index (χ1n) is 5.64. The average molecular weight is 257 g/mol. The van der Waals surface area contributed by atoms with Gasteiger partial charge in [-0.05, 0) is 25.1 Å². The molecule has 2 N–H and O–H groups in total. The number of anilines is 1. The van der Waals surface area contributed by atoms with Crippen LogP contribution in [0.5, 0.6) is 0 Å². The Balaban J connectivity index is 2.41. The molecule has 0 amide bonds. The molecular formula is C11H19N3O2S. The van der Waals surface area contributed by atoms with Crippen LogP contribution in [0.1, 0.15) is 13.3 Å². The van der Waals surface area contributed by atoms with Crippen LogP contribution in [-0.4, -0.2) is 39.3 Å². The highest BCUT2D eigenvalue weighted by Crippen LogP contribution is 2.09. The SMILES string of the molecule is CCCNCCNc1ccc(S(C)(=O)=O)cn1. The number of hydrogen-bond donors (Lipinski definition) is 2. The molecule has 0 unspecified atom stereocenters. The molecule has 6 heteroatoms. The van der Waals surface area contributed by atoms with Crippen LogP contribution in [0, 0.1) is 0 Å². The molecule has 0 atom stereocenters. The van der Waals surface area contributed by atoms with Crippen molar-refractivity contribution < 1.29 is 8.42 Å². The first-order valence-corrected chi connectivity index (χ1v) is 7.54. The third kappa shape index (κ3) is 5.14. The normalized spacial score (nSPS) is 11.4. The van der Waals surface area contributed by atoms with Crippen LogP contribution in [0.25, 0.3) is 0 Å². The number of hydrogen-bond acceptors (Lipinski definition) is 5. The summed E-state index contributed by atoms with van der Waals surface area (Å²) in [6.45, 7) is 4.75. The van der Waals surface area contributed by atoms with Gasteiger partial charge in [0.15, 0.2) is 9.84 Å². The van der Waals surface area contributed by atoms with Gasteiger partial charge < -0.3 is 10.6 Å². The predicted molar refractivity (Wildman–Crippen MR) is 69.0 cm³/mol. The van der Waals surface area contributed by atoms with E-state index in [4.69, 9.17) is 0 Å². The van der Waals surface area contributed by atoms with Gasteiger partial charge in [-0.1, -0.05) is 6.92 Å². The van der Waals surface area contributed by atoms with Gasteiger partial charge in [0.2, 0.25) is 0 Å². The minimum atomic E-state index is -3.15. The Kier molecular flexibility index (Phi) is 5.37. The second kappa shape index (κ2) is 6.56. The average Bonchev–Trinajstić information content (AvgIpc) is 2.28. The second-order valence-electron chi connectivity index (χ2n) is 3.83. The van der Waals surface area contributed by atoms with Crippen LogP contribution in [0.3, 0.4) is 0 Å². The topological polar surface area (TPSA) is 71.1 Å². The van der Waals surface area contributed by atoms with Gasteiger partial charge in [0.25, 0.3) is 0 Å². The van der Waals surface area contributed by atoms with E-state index >= 15 is 0 Å². The van der Waals surface area contributed by atoms with Gasteiger partial charge in [-0.25, -0.2) is 13.4 Å². The Hall–Kier alpha value is -1.14. The number of aromatic nitrogens is 1. The summed E-state index contributed by atoms with van der Waals surface area (Å²) in [7, 11) is -3.15. The molecule has 1 aromatic heterocycles. The Bertz CT molecular complexity index is 429. The first kappa shape index (κ1) is 13.9. The molecule has 0 aliphatic rings. The molecule has 17 heavy (non-hydrogen) atoms. The monoisotopic (exact) mass is 257 g/mol. The van der Waals surface area contributed by atoms with Gasteiger partial charge in [0.1, 0.15) is 5.82 Å². The van der Waals surface area contributed by atoms with E-state index in [9.17, 15) is 8.42 Å². The van der Waals surface area contributed by atoms with Crippen LogP contribution < -0.4 is 10.6 Å². The molecule has 0 aliphatic heterocycles. The van der Waals surface area contributed by atoms with Gasteiger partial charge in [-0.3, -0.25) is 0 Å². The molecule has 5 nitrogen and oxygen atoms in total. The van der Waals surface area contributed by atoms with Crippen LogP contribution >= 0.6 is 0 Å². The Labute approximate surface area is 103 Å². The van der Waals surface area contributed by atoms with E-state index in [1.54, 1.807) is 12.1 Å². The lowest BCUT2D eigenvalue weighted by molar-refractivity contribution is 0.601. The molecule has 0 saturated heterocycles. The van der Waals surface area contributed by atoms with E-state index in [-0.39, 0.29) is 4.90 Å². The predicted octanol–water partition coefficient (Wildman–Crippen LogP) is 0.897. The smallest absolute Gasteiger partial charge is 0.177 e. The quantitative estimate of drug-likeness (QED) is 0.710. The molecule has 1 aromatic rings. The third-order valence-corrected chi connectivity index (χ3v) is 3.30. The summed E-state index contributed by atoms with van der Waals surface area (Å²) in [6.07, 6.45) is 3.66. The maximum Gasteiger partial charge on any atom is 0.177 e. The minimum absolute atomic E-state index is 0.243. The van der Waals surface area contributed by atoms with E-state index < -0.39 is 9.84 Å². The van der Waals surface area contributed by atoms with Crippen molar-refractivity contribution >= 4 is 15.7 Å². The van der Waals surface area contributed by atoms with E-state index in [1.807, 2.05) is 0 Å². The maximum absolute atomic E-state index is 11.2. The molecule has 0 aromatic carbocycles. The zero-order chi connectivity index (χ0) is 12.7. The fourth-order valence-corrected chi connectivity index (χ4v) is 1.84. The minimum Gasteiger partial charge on any atom is -0.369 e. The standard InChI is InChI=1S/C11H19N3O2S/c1-3-6-12-7-8-13-11-5-4-10(9-14-11)17(2,15)16/h4-5,9,12H,3,6-8H2,1-2H3,(H,13,14). The number of nitrogens with one attached hydrogen (secondary N) is 2. The Morgan fingerprint density at radius 3 is 2.53 bits per heavy atom. The lowest BCUT2D eigenvalue weighted by Gasteiger charge is -2.06. The van der Waals surface area contributed by atoms with Crippen molar-refractivity contribution in [1.29, 1.82) is 0 Å². The van der Waals surface area contributed by atoms with Crippen molar-refractivity contribution in [3.8, 4) is 0 Å². The van der Waals surface area contributed by atoms with Crippen molar-refractivity contribution in [2.24, 2.45) is 0 Å². The van der Waals surface area contributed by atoms with Crippen molar-refractivity contribution in [3.05, 3.63) is 18.3 Å². The highest BCUT2D eigenvalue weighted by Gasteiger charge is 2.06. The fourth-order valence-electron chi connectivity index (χ4n) is 1.28. The van der Waals surface area contributed by atoms with Gasteiger partial charge >= 0.3 is 0 Å². The van der Waals surface area contributed by atoms with Crippen LogP contribution in [0.4, 0.5) is 5.82 Å². The molecule has 0 radical (unpaired) electrons. The van der Waals surface area contributed by atoms with Gasteiger partial charge in [0, 0.05) is 25.5 Å². The number of rotatable bonds is 7. The van der Waals surface area contributed by atoms with E-state index in [2.05, 4.69) is 22.5 Å². The van der Waals surface area contributed by atoms with Gasteiger partial charge in [-0.15, -0.1) is 0 Å². The first-order chi connectivity index (χ1) is 8.04. The van der Waals surface area contributed by atoms with Gasteiger partial charge in [-0.2, -0.15) is 0 Å². The summed E-state index contributed by atoms with van der Waals surface area (Å²) >= 11 is 0. The summed E-state index contributed by atoms with van der Waals surface area (Å²) in [5.74, 6) is 0.690. The van der Waals surface area contributed by atoms with E-state index in [1.165, 1.54) is 12.5 Å². The second-order valence-corrected chi connectivity index (χ2v) is 5.84. The van der Waals surface area contributed by atoms with E-state index in [0.29, 0.717) is 5.82 Å². The molecule has 0 aliphatic carbocycles. The summed E-state index contributed by atoms with van der Waals surface area (Å²) in [5, 5.41) is 6.37. The van der Waals surface area contributed by atoms with Crippen molar-refractivity contribution in [1.82, 2.24) is 10.3 Å². The molecule has 0 bridgehead atoms. The van der Waals surface area contributed by atoms with Crippen LogP contribution in [0.15, 0.2) is 23.2 Å². The molecule has 96 valence electrons. The van der Waals surface area contributed by atoms with Crippen LogP contribution in [-0.2, 0) is 9.84 Å². The molecule has 0 spiro atoms. The number of pyridine rings is 1. The Morgan fingerprint density at radius 1 is 1.24 bits per heavy atom. The molecular weight excluding hydrogens is 238 g/mol. The van der Waals surface area contributed by atoms with Crippen molar-refractivity contribution in [3.63, 3.8) is 0 Å². The maximum atomic E-state index is 11.2. The Morgan fingerprint density at radius 2 is 2.00 bits per heavy atom. The lowest BCUT2D eigenvalue weighted by Crippen LogP contribution is -2.23. The highest BCUT2D eigenvalue weighted by atomic mass is 32.2. The summed E-state index contributed by atoms with van der Waals surface area (Å²) in [5.41, 5.74) is 0. The molecule has 0 fully saturated rings. The number of sulfone groups is 1. The lowest BCUT2D eigenvalue weighted by atomic mass is 10.4. The third-order valence-electron chi connectivity index (χ3n) is 2.20. The largest absolute Gasteiger partial charge is 0.369 e. The summed E-state index contributed by atoms with van der Waals surface area (Å²) < 4.78 is 22.4. The van der Waals surface area contributed by atoms with Crippen LogP contribution in [0.2, 0.25) is 0 Å². The van der Waals surface area contributed by atoms with Gasteiger partial charge in [0.05, 0.1) is 4.90 Å². The fraction of sp³-hybridized carbons (Fsp3) is 0.545. The number of nitrogens with zero attached hydrogens (tertiary/aromatic N) is 1. The summed E-state index contributed by atoms with van der Waals surface area (Å²) in [6, 6.07) is 3.24. The zero-order valence-corrected chi connectivity index (χ0v) is 11.0. The van der Waals surface area contributed by atoms with E-state index in [0.717, 1.165) is 26.1 Å². The molecule has 1 rings (SSSR count). The summed E-state index contributed by atoms with van der Waals surface area (Å²) in [4.78, 5) is 4.29. The highest BCUT2D eigenvalue weighted by molar-refractivity contribution is 7.90. The molecule has 1 heterocycles.